The van der Waals surface area contributed by atoms with Gasteiger partial charge >= 0.3 is 5.69 Å². The number of hydrogen-bond acceptors (Lipinski definition) is 7. The van der Waals surface area contributed by atoms with Crippen molar-refractivity contribution in [1.29, 1.82) is 0 Å². The highest BCUT2D eigenvalue weighted by atomic mass is 35.5. The summed E-state index contributed by atoms with van der Waals surface area (Å²) < 4.78 is 27.0. The molecule has 0 aliphatic heterocycles. The van der Waals surface area contributed by atoms with Crippen LogP contribution in [0.4, 0.5) is 31.8 Å². The second-order valence-electron chi connectivity index (χ2n) is 5.49. The molecule has 3 aromatic rings. The van der Waals surface area contributed by atoms with Crippen LogP contribution >= 0.6 is 11.6 Å². The number of amides is 1. The van der Waals surface area contributed by atoms with Gasteiger partial charge in [-0.1, -0.05) is 23.7 Å². The maximum absolute atomic E-state index is 13.7. The van der Waals surface area contributed by atoms with Gasteiger partial charge in [-0.2, -0.15) is 0 Å². The Morgan fingerprint density at radius 3 is 2.48 bits per heavy atom. The summed E-state index contributed by atoms with van der Waals surface area (Å²) in [6, 6.07) is 8.81. The molecule has 0 bridgehead atoms. The topological polar surface area (TPSA) is 122 Å². The molecule has 3 N–H and O–H groups in total. The number of hydrazine groups is 1. The lowest BCUT2D eigenvalue weighted by Crippen LogP contribution is -2.31. The number of halogens is 3. The average molecular weight is 421 g/mol. The summed E-state index contributed by atoms with van der Waals surface area (Å²) in [7, 11) is 0. The van der Waals surface area contributed by atoms with Gasteiger partial charge < -0.3 is 5.32 Å². The van der Waals surface area contributed by atoms with E-state index >= 15 is 0 Å². The third-order valence-corrected chi connectivity index (χ3v) is 3.89. The molecule has 29 heavy (non-hydrogen) atoms. The minimum absolute atomic E-state index is 0.192. The van der Waals surface area contributed by atoms with Gasteiger partial charge in [-0.25, -0.2) is 18.7 Å². The number of nitrogens with one attached hydrogen (secondary N) is 3. The van der Waals surface area contributed by atoms with Gasteiger partial charge in [0.2, 0.25) is 11.6 Å². The number of rotatable bonds is 6. The molecular weight excluding hydrogens is 410 g/mol. The van der Waals surface area contributed by atoms with Crippen LogP contribution in [0.5, 0.6) is 0 Å². The summed E-state index contributed by atoms with van der Waals surface area (Å²) in [5.74, 6) is -2.89. The van der Waals surface area contributed by atoms with Crippen LogP contribution in [-0.4, -0.2) is 20.8 Å². The Bertz CT molecular complexity index is 1100. The summed E-state index contributed by atoms with van der Waals surface area (Å²) in [6.45, 7) is 0. The number of carbonyl (C=O) groups excluding carboxylic acids is 1. The van der Waals surface area contributed by atoms with Crippen molar-refractivity contribution in [2.24, 2.45) is 0 Å². The van der Waals surface area contributed by atoms with Gasteiger partial charge in [-0.3, -0.25) is 25.8 Å². The summed E-state index contributed by atoms with van der Waals surface area (Å²) in [4.78, 5) is 30.3. The SMILES string of the molecule is O=C(NNc1ncnc(Nc2ccc(F)c(Cl)c2)c1[N+](=O)[O-])c1ccccc1F. The molecular formula is C17H11ClF2N6O3. The Hall–Kier alpha value is -3.86. The molecule has 1 amide bonds. The maximum atomic E-state index is 13.7. The minimum Gasteiger partial charge on any atom is -0.334 e. The molecule has 2 aromatic carbocycles. The van der Waals surface area contributed by atoms with Crippen LogP contribution in [0.1, 0.15) is 10.4 Å². The van der Waals surface area contributed by atoms with Gasteiger partial charge in [-0.15, -0.1) is 0 Å². The molecule has 0 atom stereocenters. The van der Waals surface area contributed by atoms with Gasteiger partial charge in [0.1, 0.15) is 18.0 Å². The number of benzene rings is 2. The van der Waals surface area contributed by atoms with Crippen molar-refractivity contribution in [3.05, 3.63) is 81.1 Å². The van der Waals surface area contributed by atoms with Crippen LogP contribution in [0, 0.1) is 21.7 Å². The summed E-state index contributed by atoms with van der Waals surface area (Å²) >= 11 is 5.70. The molecule has 0 radical (unpaired) electrons. The molecule has 0 fully saturated rings. The van der Waals surface area contributed by atoms with Crippen LogP contribution < -0.4 is 16.2 Å². The molecule has 148 valence electrons. The fourth-order valence-electron chi connectivity index (χ4n) is 2.27. The molecule has 9 nitrogen and oxygen atoms in total. The van der Waals surface area contributed by atoms with Gasteiger partial charge in [-0.05, 0) is 30.3 Å². The molecule has 1 heterocycles. The zero-order valence-electron chi connectivity index (χ0n) is 14.3. The van der Waals surface area contributed by atoms with Crippen LogP contribution in [0.2, 0.25) is 5.02 Å². The smallest absolute Gasteiger partial charge is 0.334 e. The predicted molar refractivity (Wildman–Crippen MR) is 101 cm³/mol. The zero-order chi connectivity index (χ0) is 21.0. The van der Waals surface area contributed by atoms with Crippen molar-refractivity contribution in [3.63, 3.8) is 0 Å². The average Bonchev–Trinajstić information content (AvgIpc) is 2.69. The molecule has 1 aromatic heterocycles. The first kappa shape index (κ1) is 19.9. The van der Waals surface area contributed by atoms with Crippen LogP contribution in [0.15, 0.2) is 48.8 Å². The Labute approximate surface area is 166 Å². The van der Waals surface area contributed by atoms with Gasteiger partial charge in [0.05, 0.1) is 15.5 Å². The van der Waals surface area contributed by atoms with E-state index in [1.54, 1.807) is 0 Å². The molecule has 0 spiro atoms. The first-order valence-corrected chi connectivity index (χ1v) is 8.27. The molecule has 0 saturated heterocycles. The third-order valence-electron chi connectivity index (χ3n) is 3.60. The minimum atomic E-state index is -0.865. The van der Waals surface area contributed by atoms with Crippen molar-refractivity contribution in [2.45, 2.75) is 0 Å². The van der Waals surface area contributed by atoms with E-state index < -0.39 is 28.2 Å². The molecule has 0 aliphatic carbocycles. The molecule has 0 unspecified atom stereocenters. The largest absolute Gasteiger partial charge is 0.355 e. The highest BCUT2D eigenvalue weighted by Crippen LogP contribution is 2.31. The Balaban J connectivity index is 1.85. The lowest BCUT2D eigenvalue weighted by atomic mass is 10.2. The lowest BCUT2D eigenvalue weighted by molar-refractivity contribution is -0.383. The van der Waals surface area contributed by atoms with E-state index in [0.29, 0.717) is 0 Å². The van der Waals surface area contributed by atoms with Crippen molar-refractivity contribution in [2.75, 3.05) is 10.7 Å². The molecule has 0 aliphatic rings. The van der Waals surface area contributed by atoms with Crippen LogP contribution in [0.25, 0.3) is 0 Å². The number of nitrogens with zero attached hydrogens (tertiary/aromatic N) is 3. The van der Waals surface area contributed by atoms with E-state index in [1.165, 1.54) is 30.3 Å². The first-order valence-electron chi connectivity index (χ1n) is 7.89. The Morgan fingerprint density at radius 1 is 1.07 bits per heavy atom. The number of aromatic nitrogens is 2. The Morgan fingerprint density at radius 2 is 1.79 bits per heavy atom. The number of hydrogen-bond donors (Lipinski definition) is 3. The van der Waals surface area contributed by atoms with Crippen molar-refractivity contribution >= 4 is 40.5 Å². The second kappa shape index (κ2) is 8.44. The molecule has 3 rings (SSSR count). The monoisotopic (exact) mass is 420 g/mol. The zero-order valence-corrected chi connectivity index (χ0v) is 15.1. The molecule has 0 saturated carbocycles. The quantitative estimate of drug-likeness (QED) is 0.409. The number of nitro groups is 1. The lowest BCUT2D eigenvalue weighted by Gasteiger charge is -2.11. The van der Waals surface area contributed by atoms with Gasteiger partial charge in [0, 0.05) is 5.69 Å². The molecule has 12 heteroatoms. The number of anilines is 3. The standard InChI is InChI=1S/C17H11ClF2N6O3/c18-11-7-9(5-6-13(11)20)23-15-14(26(28)29)16(22-8-21-15)24-25-17(27)10-3-1-2-4-12(10)19/h1-8H,(H,25,27)(H2,21,22,23,24). The number of carbonyl (C=O) groups is 1. The summed E-state index contributed by atoms with van der Waals surface area (Å²) in [5, 5.41) is 14.0. The summed E-state index contributed by atoms with van der Waals surface area (Å²) in [5.41, 5.74) is 3.78. The maximum Gasteiger partial charge on any atom is 0.355 e. The van der Waals surface area contributed by atoms with E-state index in [0.717, 1.165) is 18.5 Å². The fourth-order valence-corrected chi connectivity index (χ4v) is 2.45. The summed E-state index contributed by atoms with van der Waals surface area (Å²) in [6.07, 6.45) is 0.998. The van der Waals surface area contributed by atoms with E-state index in [2.05, 4.69) is 26.1 Å². The van der Waals surface area contributed by atoms with Gasteiger partial charge in [0.15, 0.2) is 0 Å². The van der Waals surface area contributed by atoms with E-state index in [-0.39, 0.29) is 27.9 Å². The van der Waals surface area contributed by atoms with Crippen molar-refractivity contribution in [3.8, 4) is 0 Å². The van der Waals surface area contributed by atoms with Crippen LogP contribution in [-0.2, 0) is 0 Å². The fraction of sp³-hybridized carbons (Fsp3) is 0. The van der Waals surface area contributed by atoms with Crippen molar-refractivity contribution < 1.29 is 18.5 Å². The highest BCUT2D eigenvalue weighted by Gasteiger charge is 2.24. The highest BCUT2D eigenvalue weighted by molar-refractivity contribution is 6.31. The van der Waals surface area contributed by atoms with E-state index in [4.69, 9.17) is 11.6 Å². The third kappa shape index (κ3) is 4.52. The predicted octanol–water partition coefficient (Wildman–Crippen LogP) is 3.82. The van der Waals surface area contributed by atoms with E-state index in [9.17, 15) is 23.7 Å². The van der Waals surface area contributed by atoms with E-state index in [1.807, 2.05) is 0 Å². The Kier molecular flexibility index (Phi) is 5.79. The first-order chi connectivity index (χ1) is 13.9. The van der Waals surface area contributed by atoms with Crippen molar-refractivity contribution in [1.82, 2.24) is 15.4 Å². The normalized spacial score (nSPS) is 10.3. The second-order valence-corrected chi connectivity index (χ2v) is 5.90. The van der Waals surface area contributed by atoms with Gasteiger partial charge in [0.25, 0.3) is 5.91 Å². The van der Waals surface area contributed by atoms with Crippen LogP contribution in [0.3, 0.4) is 0 Å².